The lowest BCUT2D eigenvalue weighted by Gasteiger charge is -2.11. The Hall–Kier alpha value is -2.16. The van der Waals surface area contributed by atoms with E-state index in [9.17, 15) is 0 Å². The molecule has 150 valence electrons. The fraction of sp³-hybridized carbons (Fsp3) is 0.381. The molecule has 3 aromatic heterocycles. The first-order chi connectivity index (χ1) is 14.2. The van der Waals surface area contributed by atoms with E-state index in [0.717, 1.165) is 51.6 Å². The van der Waals surface area contributed by atoms with Crippen LogP contribution < -0.4 is 5.73 Å². The van der Waals surface area contributed by atoms with Gasteiger partial charge in [-0.3, -0.25) is 0 Å². The molecule has 8 heteroatoms. The van der Waals surface area contributed by atoms with Gasteiger partial charge in [0.2, 0.25) is 0 Å². The summed E-state index contributed by atoms with van der Waals surface area (Å²) in [6.07, 6.45) is 4.73. The maximum Gasteiger partial charge on any atom is 0.169 e. The number of fused-ring (bicyclic) bond motifs is 4. The van der Waals surface area contributed by atoms with E-state index >= 15 is 0 Å². The number of aryl methyl sites for hydroxylation is 2. The zero-order chi connectivity index (χ0) is 19.8. The molecule has 1 aliphatic rings. The Labute approximate surface area is 177 Å². The smallest absolute Gasteiger partial charge is 0.169 e. The molecule has 0 amide bonds. The maximum atomic E-state index is 6.36. The number of hydrogen-bond donors (Lipinski definition) is 1. The van der Waals surface area contributed by atoms with Crippen molar-refractivity contribution in [3.8, 4) is 0 Å². The second kappa shape index (κ2) is 7.93. The third-order valence-electron chi connectivity index (χ3n) is 5.36. The molecule has 4 aromatic rings. The standard InChI is InChI=1S/C21H23N5OS2/c1-27-11-10-26-15-8-4-3-7-14(15)23-21(26)28-12-17-24-19(22)18-13-6-2-5-9-16(13)29-20(18)25-17/h3-4,7-8H,2,5-6,9-12H2,1H3,(H2,22,24,25). The lowest BCUT2D eigenvalue weighted by atomic mass is 9.97. The van der Waals surface area contributed by atoms with Crippen LogP contribution in [0.3, 0.4) is 0 Å². The Morgan fingerprint density at radius 2 is 2.03 bits per heavy atom. The fourth-order valence-electron chi connectivity index (χ4n) is 3.99. The molecule has 0 saturated carbocycles. The van der Waals surface area contributed by atoms with E-state index in [1.54, 1.807) is 30.2 Å². The first kappa shape index (κ1) is 18.8. The minimum Gasteiger partial charge on any atom is -0.383 e. The fourth-order valence-corrected chi connectivity index (χ4v) is 6.17. The average molecular weight is 426 g/mol. The van der Waals surface area contributed by atoms with Crippen molar-refractivity contribution >= 4 is 50.2 Å². The van der Waals surface area contributed by atoms with Crippen LogP contribution in [-0.4, -0.2) is 33.2 Å². The molecule has 2 N–H and O–H groups in total. The van der Waals surface area contributed by atoms with Gasteiger partial charge in [-0.05, 0) is 43.4 Å². The number of nitrogen functional groups attached to an aromatic ring is 1. The molecule has 0 bridgehead atoms. The SMILES string of the molecule is COCCn1c(SCc2nc(N)c3c4c(sc3n2)CCCC4)nc2ccccc21. The largest absolute Gasteiger partial charge is 0.383 e. The molecule has 0 unspecified atom stereocenters. The Morgan fingerprint density at radius 1 is 1.17 bits per heavy atom. The number of aromatic nitrogens is 4. The molecule has 1 aromatic carbocycles. The molecule has 3 heterocycles. The molecule has 6 nitrogen and oxygen atoms in total. The van der Waals surface area contributed by atoms with Crippen LogP contribution in [0.5, 0.6) is 0 Å². The zero-order valence-electron chi connectivity index (χ0n) is 16.4. The molecule has 0 radical (unpaired) electrons. The lowest BCUT2D eigenvalue weighted by Crippen LogP contribution is -2.06. The van der Waals surface area contributed by atoms with Crippen LogP contribution in [0, 0.1) is 0 Å². The Balaban J connectivity index is 1.45. The van der Waals surface area contributed by atoms with Crippen molar-refractivity contribution in [2.24, 2.45) is 0 Å². The molecular weight excluding hydrogens is 402 g/mol. The summed E-state index contributed by atoms with van der Waals surface area (Å²) in [5, 5.41) is 2.04. The first-order valence-corrected chi connectivity index (χ1v) is 11.7. The summed E-state index contributed by atoms with van der Waals surface area (Å²) in [6, 6.07) is 8.19. The van der Waals surface area contributed by atoms with Crippen molar-refractivity contribution in [3.05, 3.63) is 40.5 Å². The normalized spacial score (nSPS) is 14.0. The zero-order valence-corrected chi connectivity index (χ0v) is 18.0. The second-order valence-electron chi connectivity index (χ2n) is 7.23. The number of thiophene rings is 1. The van der Waals surface area contributed by atoms with Crippen molar-refractivity contribution in [1.82, 2.24) is 19.5 Å². The van der Waals surface area contributed by atoms with Gasteiger partial charge in [0, 0.05) is 18.5 Å². The van der Waals surface area contributed by atoms with Crippen LogP contribution in [0.2, 0.25) is 0 Å². The van der Waals surface area contributed by atoms with Gasteiger partial charge in [-0.25, -0.2) is 15.0 Å². The highest BCUT2D eigenvalue weighted by atomic mass is 32.2. The number of rotatable bonds is 6. The summed E-state index contributed by atoms with van der Waals surface area (Å²) in [4.78, 5) is 16.8. The minimum absolute atomic E-state index is 0.623. The van der Waals surface area contributed by atoms with E-state index in [4.69, 9.17) is 20.4 Å². The van der Waals surface area contributed by atoms with Crippen LogP contribution in [0.4, 0.5) is 5.82 Å². The van der Waals surface area contributed by atoms with Gasteiger partial charge in [-0.15, -0.1) is 11.3 Å². The molecule has 29 heavy (non-hydrogen) atoms. The molecular formula is C21H23N5OS2. The van der Waals surface area contributed by atoms with Crippen LogP contribution in [-0.2, 0) is 29.9 Å². The third-order valence-corrected chi connectivity index (χ3v) is 7.52. The van der Waals surface area contributed by atoms with Gasteiger partial charge in [0.15, 0.2) is 5.16 Å². The van der Waals surface area contributed by atoms with Crippen molar-refractivity contribution in [2.45, 2.75) is 43.1 Å². The summed E-state index contributed by atoms with van der Waals surface area (Å²) in [5.74, 6) is 2.03. The number of nitrogens with two attached hydrogens (primary N) is 1. The van der Waals surface area contributed by atoms with Crippen molar-refractivity contribution in [1.29, 1.82) is 0 Å². The molecule has 0 saturated heterocycles. The summed E-state index contributed by atoms with van der Waals surface area (Å²) >= 11 is 3.44. The Bertz CT molecular complexity index is 1180. The van der Waals surface area contributed by atoms with Gasteiger partial charge < -0.3 is 15.0 Å². The number of methoxy groups -OCH3 is 1. The molecule has 0 fully saturated rings. The van der Waals surface area contributed by atoms with Crippen LogP contribution >= 0.6 is 23.1 Å². The predicted molar refractivity (Wildman–Crippen MR) is 120 cm³/mol. The van der Waals surface area contributed by atoms with E-state index in [0.29, 0.717) is 18.2 Å². The predicted octanol–water partition coefficient (Wildman–Crippen LogP) is 4.44. The highest BCUT2D eigenvalue weighted by Gasteiger charge is 2.20. The number of hydrogen-bond acceptors (Lipinski definition) is 7. The average Bonchev–Trinajstić information content (AvgIpc) is 3.28. The quantitative estimate of drug-likeness (QED) is 0.460. The number of para-hydroxylation sites is 2. The van der Waals surface area contributed by atoms with Crippen molar-refractivity contribution in [2.75, 3.05) is 19.5 Å². The molecule has 0 aliphatic heterocycles. The Kier molecular flexibility index (Phi) is 5.15. The molecule has 5 rings (SSSR count). The molecule has 0 spiro atoms. The van der Waals surface area contributed by atoms with Gasteiger partial charge in [0.05, 0.1) is 28.8 Å². The number of thioether (sulfide) groups is 1. The van der Waals surface area contributed by atoms with Gasteiger partial charge in [0.1, 0.15) is 16.5 Å². The summed E-state index contributed by atoms with van der Waals surface area (Å²) < 4.78 is 7.49. The summed E-state index contributed by atoms with van der Waals surface area (Å²) in [6.45, 7) is 1.41. The number of ether oxygens (including phenoxy) is 1. The van der Waals surface area contributed by atoms with E-state index < -0.39 is 0 Å². The second-order valence-corrected chi connectivity index (χ2v) is 9.26. The van der Waals surface area contributed by atoms with Crippen LogP contribution in [0.25, 0.3) is 21.3 Å². The van der Waals surface area contributed by atoms with Crippen molar-refractivity contribution in [3.63, 3.8) is 0 Å². The minimum atomic E-state index is 0.623. The van der Waals surface area contributed by atoms with Gasteiger partial charge in [-0.2, -0.15) is 0 Å². The van der Waals surface area contributed by atoms with Gasteiger partial charge in [0.25, 0.3) is 0 Å². The third kappa shape index (κ3) is 3.49. The monoisotopic (exact) mass is 425 g/mol. The van der Waals surface area contributed by atoms with Crippen LogP contribution in [0.1, 0.15) is 29.1 Å². The van der Waals surface area contributed by atoms with Gasteiger partial charge in [-0.1, -0.05) is 23.9 Å². The first-order valence-electron chi connectivity index (χ1n) is 9.88. The Morgan fingerprint density at radius 3 is 2.93 bits per heavy atom. The summed E-state index contributed by atoms with van der Waals surface area (Å²) in [5.41, 5.74) is 9.86. The highest BCUT2D eigenvalue weighted by molar-refractivity contribution is 7.98. The maximum absolute atomic E-state index is 6.36. The van der Waals surface area contributed by atoms with E-state index in [-0.39, 0.29) is 0 Å². The number of anilines is 1. The highest BCUT2D eigenvalue weighted by Crippen LogP contribution is 2.38. The lowest BCUT2D eigenvalue weighted by molar-refractivity contribution is 0.186. The van der Waals surface area contributed by atoms with E-state index in [2.05, 4.69) is 15.6 Å². The molecule has 1 aliphatic carbocycles. The van der Waals surface area contributed by atoms with Crippen LogP contribution in [0.15, 0.2) is 29.4 Å². The van der Waals surface area contributed by atoms with Crippen molar-refractivity contribution < 1.29 is 4.74 Å². The van der Waals surface area contributed by atoms with E-state index in [1.165, 1.54) is 23.3 Å². The van der Waals surface area contributed by atoms with E-state index in [1.807, 2.05) is 18.2 Å². The molecule has 0 atom stereocenters. The summed E-state index contributed by atoms with van der Waals surface area (Å²) in [7, 11) is 1.72. The number of benzene rings is 1. The van der Waals surface area contributed by atoms with Gasteiger partial charge >= 0.3 is 0 Å². The topological polar surface area (TPSA) is 78.9 Å². The number of imidazole rings is 1. The number of nitrogens with zero attached hydrogens (tertiary/aromatic N) is 4.